The summed E-state index contributed by atoms with van der Waals surface area (Å²) in [7, 11) is 0. The van der Waals surface area contributed by atoms with E-state index in [1.165, 1.54) is 6.21 Å². The Morgan fingerprint density at radius 2 is 1.52 bits per heavy atom. The SMILES string of the molecule is Cc1cc(Br)cc(/C=N/O)c1O.Cc1cc(Br)cc(C#N)c1O. The summed E-state index contributed by atoms with van der Waals surface area (Å²) in [6.07, 6.45) is 1.19. The van der Waals surface area contributed by atoms with Gasteiger partial charge in [-0.3, -0.25) is 0 Å². The van der Waals surface area contributed by atoms with Gasteiger partial charge in [0.25, 0.3) is 0 Å². The maximum atomic E-state index is 9.43. The van der Waals surface area contributed by atoms with Gasteiger partial charge < -0.3 is 15.4 Å². The van der Waals surface area contributed by atoms with E-state index in [4.69, 9.17) is 10.5 Å². The molecule has 0 aromatic heterocycles. The second-order valence-corrected chi connectivity index (χ2v) is 6.47. The molecule has 0 saturated heterocycles. The number of nitriles is 1. The third kappa shape index (κ3) is 5.27. The summed E-state index contributed by atoms with van der Waals surface area (Å²) in [5.41, 5.74) is 2.23. The number of phenols is 2. The number of hydrogen-bond acceptors (Lipinski definition) is 5. The topological polar surface area (TPSA) is 96.8 Å². The Bertz CT molecular complexity index is 784. The van der Waals surface area contributed by atoms with E-state index >= 15 is 0 Å². The van der Waals surface area contributed by atoms with Crippen molar-refractivity contribution in [3.8, 4) is 17.6 Å². The first-order chi connectivity index (χ1) is 10.8. The minimum Gasteiger partial charge on any atom is -0.507 e. The standard InChI is InChI=1S/C8H8BrNO2.C8H6BrNO/c1-5-2-7(9)3-6(4-10-12)8(5)11;1-5-2-7(9)3-6(4-10)8(5)11/h2-4,11-12H,1H3;2-3,11H,1H3/b10-4+;. The molecular weight excluding hydrogens is 428 g/mol. The Morgan fingerprint density at radius 3 is 2.04 bits per heavy atom. The van der Waals surface area contributed by atoms with E-state index in [1.54, 1.807) is 38.1 Å². The van der Waals surface area contributed by atoms with Crippen LogP contribution in [-0.2, 0) is 0 Å². The number of halogens is 2. The minimum atomic E-state index is 0.0655. The third-order valence-electron chi connectivity index (χ3n) is 2.88. The number of rotatable bonds is 1. The molecule has 7 heteroatoms. The van der Waals surface area contributed by atoms with E-state index in [9.17, 15) is 10.2 Å². The number of aromatic hydroxyl groups is 2. The zero-order chi connectivity index (χ0) is 17.6. The van der Waals surface area contributed by atoms with E-state index < -0.39 is 0 Å². The van der Waals surface area contributed by atoms with Crippen molar-refractivity contribution in [2.45, 2.75) is 13.8 Å². The average molecular weight is 442 g/mol. The molecule has 0 fully saturated rings. The van der Waals surface area contributed by atoms with Crippen LogP contribution in [0.4, 0.5) is 0 Å². The van der Waals surface area contributed by atoms with Gasteiger partial charge in [-0.2, -0.15) is 5.26 Å². The fourth-order valence-electron chi connectivity index (χ4n) is 1.74. The van der Waals surface area contributed by atoms with Crippen LogP contribution >= 0.6 is 31.9 Å². The first-order valence-electron chi connectivity index (χ1n) is 6.36. The van der Waals surface area contributed by atoms with E-state index in [-0.39, 0.29) is 11.5 Å². The van der Waals surface area contributed by atoms with Crippen molar-refractivity contribution in [1.82, 2.24) is 0 Å². The Labute approximate surface area is 150 Å². The maximum Gasteiger partial charge on any atom is 0.136 e. The molecule has 23 heavy (non-hydrogen) atoms. The molecule has 0 radical (unpaired) electrons. The van der Waals surface area contributed by atoms with E-state index in [1.807, 2.05) is 6.07 Å². The molecule has 0 atom stereocenters. The summed E-state index contributed by atoms with van der Waals surface area (Å²) in [6.45, 7) is 3.52. The highest BCUT2D eigenvalue weighted by atomic mass is 79.9. The number of benzene rings is 2. The van der Waals surface area contributed by atoms with Crippen LogP contribution in [0.15, 0.2) is 38.4 Å². The molecule has 0 aliphatic carbocycles. The number of aryl methyl sites for hydroxylation is 2. The number of oxime groups is 1. The molecule has 2 aromatic carbocycles. The molecule has 0 saturated carbocycles. The summed E-state index contributed by atoms with van der Waals surface area (Å²) in [4.78, 5) is 0. The van der Waals surface area contributed by atoms with Gasteiger partial charge in [-0.15, -0.1) is 0 Å². The Kier molecular flexibility index (Phi) is 7.07. The van der Waals surface area contributed by atoms with Gasteiger partial charge in [-0.25, -0.2) is 0 Å². The van der Waals surface area contributed by atoms with Crippen LogP contribution in [0.3, 0.4) is 0 Å². The summed E-state index contributed by atoms with van der Waals surface area (Å²) in [5.74, 6) is 0.201. The van der Waals surface area contributed by atoms with Gasteiger partial charge in [0.2, 0.25) is 0 Å². The van der Waals surface area contributed by atoms with Crippen LogP contribution in [0.25, 0.3) is 0 Å². The quantitative estimate of drug-likeness (QED) is 0.342. The lowest BCUT2D eigenvalue weighted by atomic mass is 10.1. The van der Waals surface area contributed by atoms with Gasteiger partial charge in [0, 0.05) is 14.5 Å². The van der Waals surface area contributed by atoms with Crippen LogP contribution < -0.4 is 0 Å². The van der Waals surface area contributed by atoms with Crippen LogP contribution in [0.2, 0.25) is 0 Å². The molecule has 0 bridgehead atoms. The molecule has 120 valence electrons. The van der Waals surface area contributed by atoms with Gasteiger partial charge in [-0.05, 0) is 49.2 Å². The fourth-order valence-corrected chi connectivity index (χ4v) is 2.91. The highest BCUT2D eigenvalue weighted by molar-refractivity contribution is 9.10. The van der Waals surface area contributed by atoms with Crippen LogP contribution in [0.1, 0.15) is 22.3 Å². The van der Waals surface area contributed by atoms with Crippen molar-refractivity contribution in [1.29, 1.82) is 5.26 Å². The average Bonchev–Trinajstić information content (AvgIpc) is 2.49. The van der Waals surface area contributed by atoms with Crippen molar-refractivity contribution in [2.75, 3.05) is 0 Å². The lowest BCUT2D eigenvalue weighted by molar-refractivity contribution is 0.321. The van der Waals surface area contributed by atoms with Gasteiger partial charge in [0.15, 0.2) is 0 Å². The molecular formula is C16H14Br2N2O3. The second kappa shape index (κ2) is 8.56. The molecule has 0 amide bonds. The van der Waals surface area contributed by atoms with Crippen molar-refractivity contribution >= 4 is 38.1 Å². The predicted octanol–water partition coefficient (Wildman–Crippen LogP) is 4.61. The van der Waals surface area contributed by atoms with Crippen molar-refractivity contribution in [3.63, 3.8) is 0 Å². The highest BCUT2D eigenvalue weighted by Gasteiger charge is 2.04. The smallest absolute Gasteiger partial charge is 0.136 e. The van der Waals surface area contributed by atoms with Crippen molar-refractivity contribution in [3.05, 3.63) is 55.5 Å². The van der Waals surface area contributed by atoms with Gasteiger partial charge in [0.05, 0.1) is 11.8 Å². The van der Waals surface area contributed by atoms with Crippen molar-refractivity contribution < 1.29 is 15.4 Å². The maximum absolute atomic E-state index is 9.43. The number of phenolic OH excluding ortho intramolecular Hbond substituents is 2. The molecule has 0 aliphatic rings. The molecule has 0 spiro atoms. The van der Waals surface area contributed by atoms with Crippen LogP contribution in [-0.4, -0.2) is 21.6 Å². The van der Waals surface area contributed by atoms with Gasteiger partial charge in [-0.1, -0.05) is 37.0 Å². The normalized spacial score (nSPS) is 10.0. The van der Waals surface area contributed by atoms with Crippen LogP contribution in [0, 0.1) is 25.2 Å². The zero-order valence-electron chi connectivity index (χ0n) is 12.4. The molecule has 5 nitrogen and oxygen atoms in total. The molecule has 0 heterocycles. The summed E-state index contributed by atoms with van der Waals surface area (Å²) in [6, 6.07) is 8.69. The minimum absolute atomic E-state index is 0.0655. The number of hydrogen-bond donors (Lipinski definition) is 3. The fraction of sp³-hybridized carbons (Fsp3) is 0.125. The Hall–Kier alpha value is -2.04. The van der Waals surface area contributed by atoms with Crippen LogP contribution in [0.5, 0.6) is 11.5 Å². The summed E-state index contributed by atoms with van der Waals surface area (Å²) < 4.78 is 1.65. The molecule has 3 N–H and O–H groups in total. The molecule has 0 aliphatic heterocycles. The van der Waals surface area contributed by atoms with E-state index in [0.29, 0.717) is 16.7 Å². The summed E-state index contributed by atoms with van der Waals surface area (Å²) in [5, 5.41) is 38.4. The van der Waals surface area contributed by atoms with Gasteiger partial charge in [0.1, 0.15) is 17.6 Å². The largest absolute Gasteiger partial charge is 0.507 e. The molecule has 2 rings (SSSR count). The lowest BCUT2D eigenvalue weighted by Gasteiger charge is -2.02. The predicted molar refractivity (Wildman–Crippen MR) is 95.2 cm³/mol. The van der Waals surface area contributed by atoms with E-state index in [0.717, 1.165) is 14.5 Å². The first kappa shape index (κ1) is 19.0. The monoisotopic (exact) mass is 440 g/mol. The molecule has 2 aromatic rings. The molecule has 0 unspecified atom stereocenters. The van der Waals surface area contributed by atoms with Crippen molar-refractivity contribution in [2.24, 2.45) is 5.16 Å². The highest BCUT2D eigenvalue weighted by Crippen LogP contribution is 2.26. The number of nitrogens with zero attached hydrogens (tertiary/aromatic N) is 2. The van der Waals surface area contributed by atoms with Gasteiger partial charge >= 0.3 is 0 Å². The Balaban J connectivity index is 0.000000231. The second-order valence-electron chi connectivity index (χ2n) is 4.64. The third-order valence-corrected chi connectivity index (χ3v) is 3.79. The summed E-state index contributed by atoms with van der Waals surface area (Å²) >= 11 is 6.49. The van der Waals surface area contributed by atoms with E-state index in [2.05, 4.69) is 37.0 Å². The Morgan fingerprint density at radius 1 is 1.00 bits per heavy atom. The lowest BCUT2D eigenvalue weighted by Crippen LogP contribution is -1.85. The zero-order valence-corrected chi connectivity index (χ0v) is 15.6. The first-order valence-corrected chi connectivity index (χ1v) is 7.94.